The van der Waals surface area contributed by atoms with Crippen molar-refractivity contribution in [3.8, 4) is 5.75 Å². The van der Waals surface area contributed by atoms with Gasteiger partial charge in [0.25, 0.3) is 0 Å². The Morgan fingerprint density at radius 1 is 1.24 bits per heavy atom. The SMILES string of the molecule is c1ccc2c(c1)C[C@@H](CNc1ncnc3ccsc13)CO2. The molecule has 21 heavy (non-hydrogen) atoms. The van der Waals surface area contributed by atoms with Gasteiger partial charge in [0.05, 0.1) is 16.8 Å². The van der Waals surface area contributed by atoms with Crippen LogP contribution in [0.1, 0.15) is 5.56 Å². The van der Waals surface area contributed by atoms with Crippen LogP contribution in [0.3, 0.4) is 0 Å². The Morgan fingerprint density at radius 3 is 3.19 bits per heavy atom. The first-order valence-electron chi connectivity index (χ1n) is 7.03. The van der Waals surface area contributed by atoms with Gasteiger partial charge in [-0.25, -0.2) is 9.97 Å². The number of nitrogens with zero attached hydrogens (tertiary/aromatic N) is 2. The first kappa shape index (κ1) is 12.6. The molecule has 2 aromatic heterocycles. The lowest BCUT2D eigenvalue weighted by Gasteiger charge is -2.25. The number of hydrogen-bond donors (Lipinski definition) is 1. The fraction of sp³-hybridized carbons (Fsp3) is 0.250. The van der Waals surface area contributed by atoms with E-state index >= 15 is 0 Å². The van der Waals surface area contributed by atoms with E-state index in [1.165, 1.54) is 5.56 Å². The van der Waals surface area contributed by atoms with E-state index in [4.69, 9.17) is 4.74 Å². The molecule has 1 aliphatic heterocycles. The van der Waals surface area contributed by atoms with E-state index < -0.39 is 0 Å². The van der Waals surface area contributed by atoms with Crippen LogP contribution < -0.4 is 10.1 Å². The third-order valence-corrected chi connectivity index (χ3v) is 4.67. The van der Waals surface area contributed by atoms with Gasteiger partial charge in [0.2, 0.25) is 0 Å². The number of nitrogens with one attached hydrogen (secondary N) is 1. The van der Waals surface area contributed by atoms with E-state index in [1.807, 2.05) is 23.6 Å². The van der Waals surface area contributed by atoms with Gasteiger partial charge in [0.1, 0.15) is 17.9 Å². The summed E-state index contributed by atoms with van der Waals surface area (Å²) in [6.07, 6.45) is 2.66. The zero-order valence-electron chi connectivity index (χ0n) is 11.5. The van der Waals surface area contributed by atoms with Crippen LogP contribution in [0.2, 0.25) is 0 Å². The van der Waals surface area contributed by atoms with Crippen molar-refractivity contribution < 1.29 is 4.74 Å². The number of thiophene rings is 1. The van der Waals surface area contributed by atoms with Crippen molar-refractivity contribution in [2.75, 3.05) is 18.5 Å². The molecule has 3 aromatic rings. The van der Waals surface area contributed by atoms with Gasteiger partial charge in [-0.15, -0.1) is 11.3 Å². The monoisotopic (exact) mass is 297 g/mol. The van der Waals surface area contributed by atoms with Gasteiger partial charge in [-0.05, 0) is 29.5 Å². The molecule has 5 heteroatoms. The molecular formula is C16H15N3OS. The van der Waals surface area contributed by atoms with Crippen molar-refractivity contribution >= 4 is 27.4 Å². The number of rotatable bonds is 3. The summed E-state index contributed by atoms with van der Waals surface area (Å²) in [5.74, 6) is 2.41. The van der Waals surface area contributed by atoms with E-state index in [1.54, 1.807) is 17.7 Å². The number of benzene rings is 1. The Hall–Kier alpha value is -2.14. The Bertz CT molecular complexity index is 771. The van der Waals surface area contributed by atoms with Crippen LogP contribution in [-0.2, 0) is 6.42 Å². The fourth-order valence-electron chi connectivity index (χ4n) is 2.68. The van der Waals surface area contributed by atoms with Crippen molar-refractivity contribution in [3.63, 3.8) is 0 Å². The molecule has 0 saturated heterocycles. The van der Waals surface area contributed by atoms with Crippen molar-refractivity contribution in [1.82, 2.24) is 9.97 Å². The van der Waals surface area contributed by atoms with E-state index in [-0.39, 0.29) is 0 Å². The summed E-state index contributed by atoms with van der Waals surface area (Å²) >= 11 is 1.67. The largest absolute Gasteiger partial charge is 0.493 e. The number of fused-ring (bicyclic) bond motifs is 2. The van der Waals surface area contributed by atoms with Gasteiger partial charge in [-0.1, -0.05) is 18.2 Å². The van der Waals surface area contributed by atoms with Gasteiger partial charge in [-0.2, -0.15) is 0 Å². The molecule has 0 radical (unpaired) electrons. The summed E-state index contributed by atoms with van der Waals surface area (Å²) in [5.41, 5.74) is 2.29. The highest BCUT2D eigenvalue weighted by Crippen LogP contribution is 2.28. The van der Waals surface area contributed by atoms with Crippen LogP contribution in [-0.4, -0.2) is 23.1 Å². The molecule has 0 bridgehead atoms. The maximum absolute atomic E-state index is 5.83. The maximum atomic E-state index is 5.83. The Labute approximate surface area is 126 Å². The first-order valence-corrected chi connectivity index (χ1v) is 7.91. The number of aromatic nitrogens is 2. The van der Waals surface area contributed by atoms with Crippen LogP contribution in [0.15, 0.2) is 42.0 Å². The summed E-state index contributed by atoms with van der Waals surface area (Å²) in [6.45, 7) is 1.61. The molecule has 0 amide bonds. The van der Waals surface area contributed by atoms with Crippen molar-refractivity contribution in [2.24, 2.45) is 5.92 Å². The van der Waals surface area contributed by atoms with Gasteiger partial charge in [0, 0.05) is 12.5 Å². The predicted molar refractivity (Wildman–Crippen MR) is 85.0 cm³/mol. The van der Waals surface area contributed by atoms with Gasteiger partial charge in [0.15, 0.2) is 0 Å². The molecule has 0 fully saturated rings. The first-order chi connectivity index (χ1) is 10.4. The van der Waals surface area contributed by atoms with E-state index in [2.05, 4.69) is 27.4 Å². The Kier molecular flexibility index (Phi) is 3.20. The summed E-state index contributed by atoms with van der Waals surface area (Å²) in [5, 5.41) is 5.50. The van der Waals surface area contributed by atoms with Crippen LogP contribution in [0.25, 0.3) is 10.2 Å². The summed E-state index contributed by atoms with van der Waals surface area (Å²) < 4.78 is 6.95. The van der Waals surface area contributed by atoms with Crippen molar-refractivity contribution in [1.29, 1.82) is 0 Å². The number of hydrogen-bond acceptors (Lipinski definition) is 5. The highest BCUT2D eigenvalue weighted by molar-refractivity contribution is 7.17. The molecule has 0 saturated carbocycles. The van der Waals surface area contributed by atoms with Gasteiger partial charge in [-0.3, -0.25) is 0 Å². The van der Waals surface area contributed by atoms with Crippen molar-refractivity contribution in [2.45, 2.75) is 6.42 Å². The number of anilines is 1. The van der Waals surface area contributed by atoms with E-state index in [0.717, 1.165) is 41.4 Å². The second-order valence-electron chi connectivity index (χ2n) is 5.23. The fourth-order valence-corrected chi connectivity index (χ4v) is 3.49. The molecule has 4 rings (SSSR count). The normalized spacial score (nSPS) is 17.2. The smallest absolute Gasteiger partial charge is 0.147 e. The van der Waals surface area contributed by atoms with Crippen molar-refractivity contribution in [3.05, 3.63) is 47.6 Å². The van der Waals surface area contributed by atoms with Crippen LogP contribution in [0, 0.1) is 5.92 Å². The molecule has 1 aliphatic rings. The highest BCUT2D eigenvalue weighted by Gasteiger charge is 2.19. The van der Waals surface area contributed by atoms with Gasteiger partial charge < -0.3 is 10.1 Å². The lowest BCUT2D eigenvalue weighted by molar-refractivity contribution is 0.229. The zero-order valence-corrected chi connectivity index (χ0v) is 12.3. The molecule has 1 N–H and O–H groups in total. The maximum Gasteiger partial charge on any atom is 0.147 e. The third kappa shape index (κ3) is 2.45. The summed E-state index contributed by atoms with van der Waals surface area (Å²) in [6, 6.07) is 10.3. The lowest BCUT2D eigenvalue weighted by atomic mass is 9.97. The molecule has 1 atom stereocenters. The minimum Gasteiger partial charge on any atom is -0.493 e. The molecule has 106 valence electrons. The molecule has 4 nitrogen and oxygen atoms in total. The van der Waals surface area contributed by atoms with E-state index in [0.29, 0.717) is 5.92 Å². The topological polar surface area (TPSA) is 47.0 Å². The van der Waals surface area contributed by atoms with E-state index in [9.17, 15) is 0 Å². The second-order valence-corrected chi connectivity index (χ2v) is 6.14. The van der Waals surface area contributed by atoms with Crippen LogP contribution in [0.5, 0.6) is 5.75 Å². The zero-order chi connectivity index (χ0) is 14.1. The summed E-state index contributed by atoms with van der Waals surface area (Å²) in [4.78, 5) is 8.62. The average molecular weight is 297 g/mol. The third-order valence-electron chi connectivity index (χ3n) is 3.76. The number of para-hydroxylation sites is 1. The molecular weight excluding hydrogens is 282 g/mol. The minimum atomic E-state index is 0.463. The lowest BCUT2D eigenvalue weighted by Crippen LogP contribution is -2.27. The summed E-state index contributed by atoms with van der Waals surface area (Å²) in [7, 11) is 0. The Balaban J connectivity index is 1.47. The predicted octanol–water partition coefficient (Wildman–Crippen LogP) is 3.35. The van der Waals surface area contributed by atoms with Crippen LogP contribution >= 0.6 is 11.3 Å². The molecule has 1 aromatic carbocycles. The minimum absolute atomic E-state index is 0.463. The quantitative estimate of drug-likeness (QED) is 0.805. The second kappa shape index (κ2) is 5.33. The Morgan fingerprint density at radius 2 is 2.19 bits per heavy atom. The van der Waals surface area contributed by atoms with Gasteiger partial charge >= 0.3 is 0 Å². The molecule has 0 unspecified atom stereocenters. The van der Waals surface area contributed by atoms with Crippen LogP contribution in [0.4, 0.5) is 5.82 Å². The highest BCUT2D eigenvalue weighted by atomic mass is 32.1. The molecule has 0 spiro atoms. The number of ether oxygens (including phenoxy) is 1. The average Bonchev–Trinajstić information content (AvgIpc) is 3.02. The molecule has 3 heterocycles. The standard InChI is InChI=1S/C16H15N3OS/c1-2-4-14-12(3-1)7-11(9-20-14)8-17-16-15-13(5-6-21-15)18-10-19-16/h1-6,10-11H,7-9H2,(H,17,18,19)/t11-/m0/s1. The molecule has 0 aliphatic carbocycles.